The number of benzene rings is 5. The zero-order valence-corrected chi connectivity index (χ0v) is 53.4. The molecule has 0 aliphatic heterocycles. The first-order valence-electron chi connectivity index (χ1n) is 19.7. The molecule has 1 heterocycles. The number of aromatic nitrogens is 3. The van der Waals surface area contributed by atoms with Gasteiger partial charge in [-0.3, -0.25) is 13.7 Å². The van der Waals surface area contributed by atoms with E-state index in [-0.39, 0.29) is 180 Å². The Hall–Kier alpha value is -2.57. The second kappa shape index (κ2) is 28.2. The molecule has 0 saturated heterocycles. The minimum atomic E-state index is -5.53. The number of hydrogen-bond donors (Lipinski definition) is 3. The Balaban J connectivity index is 0.00000494. The van der Waals surface area contributed by atoms with Gasteiger partial charge in [-0.15, -0.1) is 10.2 Å². The van der Waals surface area contributed by atoms with Crippen molar-refractivity contribution in [1.82, 2.24) is 15.0 Å². The average molecular weight is 1210 g/mol. The number of fused-ring (bicyclic) bond motifs is 1. The molecule has 76 heavy (non-hydrogen) atoms. The molecule has 0 aliphatic carbocycles. The Kier molecular flexibility index (Phi) is 25.8. The maximum absolute atomic E-state index is 13.7. The molecule has 0 aliphatic rings. The van der Waals surface area contributed by atoms with Crippen molar-refractivity contribution in [2.45, 2.75) is 26.5 Å². The fourth-order valence-electron chi connectivity index (χ4n) is 6.36. The summed E-state index contributed by atoms with van der Waals surface area (Å²) in [5.74, 6) is -3.37. The van der Waals surface area contributed by atoms with Gasteiger partial charge in [-0.1, -0.05) is 23.9 Å². The molecule has 6 aromatic rings. The van der Waals surface area contributed by atoms with E-state index in [1.54, 1.807) is 6.92 Å². The minimum absolute atomic E-state index is 0. The number of rotatable bonds is 21. The number of sulfone groups is 2. The summed E-state index contributed by atoms with van der Waals surface area (Å²) in [5, 5.41) is 23.4. The molecule has 3 N–H and O–H groups in total. The van der Waals surface area contributed by atoms with Crippen LogP contribution in [0.4, 0.5) is 40.3 Å². The van der Waals surface area contributed by atoms with Crippen molar-refractivity contribution < 1.29 is 205 Å². The van der Waals surface area contributed by atoms with Gasteiger partial charge in [0.25, 0.3) is 5.62 Å². The zero-order valence-electron chi connectivity index (χ0n) is 40.5. The third-order valence-electron chi connectivity index (χ3n) is 9.54. The predicted octanol–water partition coefficient (Wildman–Crippen LogP) is -9.74. The smallest absolute Gasteiger partial charge is 0.871 e. The van der Waals surface area contributed by atoms with E-state index in [1.807, 2.05) is 0 Å². The molecule has 0 saturated carbocycles. The van der Waals surface area contributed by atoms with Gasteiger partial charge in [0, 0.05) is 17.9 Å². The first kappa shape index (κ1) is 69.5. The molecule has 38 heteroatoms. The number of methoxy groups -OCH3 is 1. The summed E-state index contributed by atoms with van der Waals surface area (Å²) < 4.78 is 202. The second-order valence-corrected chi connectivity index (χ2v) is 23.4. The molecule has 0 spiro atoms. The number of nitrogens with one attached hydrogen (secondary N) is 2. The van der Waals surface area contributed by atoms with Crippen LogP contribution in [0, 0.1) is 0 Å². The molecule has 5 aromatic carbocycles. The van der Waals surface area contributed by atoms with Crippen molar-refractivity contribution in [2.75, 3.05) is 48.6 Å². The Morgan fingerprint density at radius 3 is 1.88 bits per heavy atom. The van der Waals surface area contributed by atoms with Gasteiger partial charge in [0.2, 0.25) is 22.3 Å². The van der Waals surface area contributed by atoms with Crippen molar-refractivity contribution in [3.63, 3.8) is 0 Å². The molecular formula is C38H34N8Na4O20S6. The van der Waals surface area contributed by atoms with Crippen LogP contribution in [0.1, 0.15) is 6.92 Å². The molecule has 0 radical (unpaired) electrons. The van der Waals surface area contributed by atoms with Gasteiger partial charge < -0.3 is 33.7 Å². The normalized spacial score (nSPS) is 12.5. The van der Waals surface area contributed by atoms with Crippen LogP contribution in [0.5, 0.6) is 11.5 Å². The van der Waals surface area contributed by atoms with Gasteiger partial charge in [0.1, 0.15) is 31.7 Å². The molecule has 6 rings (SSSR count). The summed E-state index contributed by atoms with van der Waals surface area (Å²) in [5.41, 5.74) is -1.94. The van der Waals surface area contributed by atoms with Gasteiger partial charge >= 0.3 is 129 Å². The SMILES string of the molecule is CCN(c1cccc(S(=O)(=O)CCOS(=O)(=O)O)c1)c1nc(=Nc2cccc(S(=O)(=O)CCOS(=O)(=O)[O-])c2)nc(Nc2ccc3c([O-])c(N=Nc4ccc(OC)cc4S(=O)(=O)[O-])c(S(=O)(=O)[O-])cc3c2)[nH]1.[Na+].[Na+].[Na+].[Na+]. The van der Waals surface area contributed by atoms with Crippen molar-refractivity contribution >= 4 is 112 Å². The van der Waals surface area contributed by atoms with Crippen LogP contribution in [0.15, 0.2) is 126 Å². The van der Waals surface area contributed by atoms with Crippen LogP contribution in [-0.4, -0.2) is 122 Å². The van der Waals surface area contributed by atoms with Crippen LogP contribution in [0.3, 0.4) is 0 Å². The van der Waals surface area contributed by atoms with E-state index in [9.17, 15) is 69.3 Å². The van der Waals surface area contributed by atoms with Crippen molar-refractivity contribution in [2.24, 2.45) is 15.2 Å². The van der Waals surface area contributed by atoms with Gasteiger partial charge in [-0.25, -0.2) is 51.3 Å². The first-order chi connectivity index (χ1) is 33.5. The van der Waals surface area contributed by atoms with Crippen molar-refractivity contribution in [3.05, 3.63) is 96.6 Å². The van der Waals surface area contributed by atoms with Gasteiger partial charge in [-0.05, 0) is 90.5 Å². The molecule has 0 unspecified atom stereocenters. The number of aromatic amines is 1. The number of hydrogen-bond acceptors (Lipinski definition) is 26. The summed E-state index contributed by atoms with van der Waals surface area (Å²) in [6, 6.07) is 17.5. The molecule has 386 valence electrons. The summed E-state index contributed by atoms with van der Waals surface area (Å²) in [6.45, 7) is -0.266. The van der Waals surface area contributed by atoms with Crippen LogP contribution >= 0.6 is 0 Å². The van der Waals surface area contributed by atoms with E-state index in [0.717, 1.165) is 30.3 Å². The number of azo groups is 1. The summed E-state index contributed by atoms with van der Waals surface area (Å²) in [4.78, 5) is 14.6. The van der Waals surface area contributed by atoms with Crippen LogP contribution in [0.2, 0.25) is 0 Å². The van der Waals surface area contributed by atoms with Crippen LogP contribution < -0.4 is 144 Å². The standard InChI is InChI=1S/C38H38N8O20S6.4Na/c1-3-46(26-7-5-9-29(21-26)68(50,51)17-15-66-72(61,62)63)38-42-36(39-24-6-4-8-28(20-24)67(48,49)16-14-65-71(58,59)60)41-37(43-38)40-25-10-12-30-23(18-25)19-33(70(55,56)57)34(35(30)47)45-44-31-13-11-27(64-2)22-32(31)69(52,53)54;;;;/h4-13,18-22,47H,3,14-17H2,1-2H3,(H,52,53,54)(H,55,56,57)(H,58,59,60)(H,61,62,63)(H2,39,40,41,42,43);;;;/q;4*+1/p-4. The molecule has 28 nitrogen and oxygen atoms in total. The van der Waals surface area contributed by atoms with E-state index in [1.165, 1.54) is 72.7 Å². The number of H-pyrrole nitrogens is 1. The maximum atomic E-state index is 13.7. The van der Waals surface area contributed by atoms with E-state index in [2.05, 4.69) is 43.9 Å². The second-order valence-electron chi connectivity index (χ2n) is 14.3. The number of ether oxygens (including phenoxy) is 1. The van der Waals surface area contributed by atoms with E-state index in [0.29, 0.717) is 0 Å². The topological polar surface area (TPSA) is 439 Å². The maximum Gasteiger partial charge on any atom is 1.00 e. The van der Waals surface area contributed by atoms with Crippen molar-refractivity contribution in [1.29, 1.82) is 0 Å². The Bertz CT molecular complexity index is 3920. The third-order valence-corrected chi connectivity index (χ3v) is 15.5. The van der Waals surface area contributed by atoms with Gasteiger partial charge in [0.15, 0.2) is 19.7 Å². The van der Waals surface area contributed by atoms with E-state index in [4.69, 9.17) is 9.29 Å². The van der Waals surface area contributed by atoms with Crippen LogP contribution in [0.25, 0.3) is 10.8 Å². The zero-order chi connectivity index (χ0) is 53.0. The summed E-state index contributed by atoms with van der Waals surface area (Å²) in [7, 11) is -28.3. The quantitative estimate of drug-likeness (QED) is 0.0261. The largest absolute Gasteiger partial charge is 1.00 e. The van der Waals surface area contributed by atoms with Gasteiger partial charge in [0.05, 0.1) is 62.8 Å². The third kappa shape index (κ3) is 19.0. The average Bonchev–Trinajstić information content (AvgIpc) is 3.27. The summed E-state index contributed by atoms with van der Waals surface area (Å²) >= 11 is 0. The Morgan fingerprint density at radius 2 is 1.30 bits per heavy atom. The van der Waals surface area contributed by atoms with E-state index < -0.39 is 118 Å². The molecule has 0 amide bonds. The fraction of sp³-hybridized carbons (Fsp3) is 0.184. The Morgan fingerprint density at radius 1 is 0.697 bits per heavy atom. The first-order valence-corrected chi connectivity index (χ1v) is 28.5. The summed E-state index contributed by atoms with van der Waals surface area (Å²) in [6.07, 6.45) is 0. The van der Waals surface area contributed by atoms with Crippen LogP contribution in [-0.2, 0) is 69.1 Å². The monoisotopic (exact) mass is 1210 g/mol. The molecule has 0 atom stereocenters. The minimum Gasteiger partial charge on any atom is -0.871 e. The fourth-order valence-corrected chi connectivity index (χ4v) is 10.7. The Labute approximate surface area is 523 Å². The van der Waals surface area contributed by atoms with Crippen molar-refractivity contribution in [3.8, 4) is 11.5 Å². The number of nitrogens with zero attached hydrogens (tertiary/aromatic N) is 6. The van der Waals surface area contributed by atoms with Gasteiger partial charge in [-0.2, -0.15) is 18.4 Å². The predicted molar refractivity (Wildman–Crippen MR) is 244 cm³/mol. The molecule has 0 bridgehead atoms. The molecular weight excluding hydrogens is 1170 g/mol. The molecule has 1 aromatic heterocycles. The molecule has 0 fully saturated rings. The number of anilines is 4. The van der Waals surface area contributed by atoms with E-state index >= 15 is 0 Å².